The Morgan fingerprint density at radius 3 is 2.64 bits per heavy atom. The molecule has 1 N–H and O–H groups in total. The van der Waals surface area contributed by atoms with E-state index in [1.54, 1.807) is 6.20 Å². The van der Waals surface area contributed by atoms with Gasteiger partial charge in [-0.05, 0) is 36.8 Å². The van der Waals surface area contributed by atoms with Crippen molar-refractivity contribution in [3.63, 3.8) is 0 Å². The highest BCUT2D eigenvalue weighted by Crippen LogP contribution is 2.15. The molecule has 0 radical (unpaired) electrons. The normalized spacial score (nSPS) is 9.79. The van der Waals surface area contributed by atoms with Crippen LogP contribution in [-0.2, 0) is 0 Å². The van der Waals surface area contributed by atoms with Crippen LogP contribution in [0.1, 0.15) is 5.56 Å². The van der Waals surface area contributed by atoms with Gasteiger partial charge in [-0.15, -0.1) is 0 Å². The smallest absolute Gasteiger partial charge is 0.0570 e. The number of aryl methyl sites for hydroxylation is 1. The van der Waals surface area contributed by atoms with Crippen molar-refractivity contribution < 1.29 is 0 Å². The van der Waals surface area contributed by atoms with E-state index >= 15 is 0 Å². The molecule has 0 amide bonds. The maximum absolute atomic E-state index is 4.04. The fraction of sp³-hybridized carbons (Fsp3) is 0.0833. The third-order valence-corrected chi connectivity index (χ3v) is 1.97. The first-order chi connectivity index (χ1) is 6.84. The Morgan fingerprint density at radius 2 is 1.93 bits per heavy atom. The van der Waals surface area contributed by atoms with Crippen molar-refractivity contribution in [2.45, 2.75) is 6.92 Å². The van der Waals surface area contributed by atoms with Gasteiger partial charge in [0.05, 0.1) is 11.9 Å². The van der Waals surface area contributed by atoms with Gasteiger partial charge in [-0.25, -0.2) is 0 Å². The van der Waals surface area contributed by atoms with Gasteiger partial charge < -0.3 is 5.32 Å². The largest absolute Gasteiger partial charge is 0.354 e. The molecule has 2 nitrogen and oxygen atoms in total. The van der Waals surface area contributed by atoms with Crippen LogP contribution in [0.5, 0.6) is 0 Å². The number of benzene rings is 1. The Kier molecular flexibility index (Phi) is 2.45. The molecule has 1 heterocycles. The third kappa shape index (κ3) is 2.10. The summed E-state index contributed by atoms with van der Waals surface area (Å²) >= 11 is 0. The van der Waals surface area contributed by atoms with Crippen LogP contribution in [0.15, 0.2) is 48.8 Å². The molecule has 70 valence electrons. The van der Waals surface area contributed by atoms with E-state index in [-0.39, 0.29) is 0 Å². The predicted octanol–water partition coefficient (Wildman–Crippen LogP) is 3.13. The van der Waals surface area contributed by atoms with Crippen molar-refractivity contribution in [1.29, 1.82) is 0 Å². The lowest BCUT2D eigenvalue weighted by Crippen LogP contribution is -1.90. The summed E-state index contributed by atoms with van der Waals surface area (Å²) in [6, 6.07) is 12.2. The van der Waals surface area contributed by atoms with Gasteiger partial charge in [-0.3, -0.25) is 4.98 Å². The van der Waals surface area contributed by atoms with Crippen LogP contribution in [0, 0.1) is 6.92 Å². The maximum Gasteiger partial charge on any atom is 0.0570 e. The number of anilines is 2. The van der Waals surface area contributed by atoms with E-state index in [4.69, 9.17) is 0 Å². The van der Waals surface area contributed by atoms with Crippen LogP contribution in [-0.4, -0.2) is 4.98 Å². The zero-order valence-corrected chi connectivity index (χ0v) is 8.07. The highest BCUT2D eigenvalue weighted by Gasteiger charge is 1.93. The van der Waals surface area contributed by atoms with Gasteiger partial charge >= 0.3 is 0 Å². The Balaban J connectivity index is 2.19. The third-order valence-electron chi connectivity index (χ3n) is 1.97. The second-order valence-electron chi connectivity index (χ2n) is 3.24. The molecule has 0 fully saturated rings. The van der Waals surface area contributed by atoms with E-state index in [9.17, 15) is 0 Å². The van der Waals surface area contributed by atoms with Crippen molar-refractivity contribution in [3.05, 3.63) is 54.4 Å². The van der Waals surface area contributed by atoms with Crippen molar-refractivity contribution in [2.75, 3.05) is 5.32 Å². The minimum atomic E-state index is 1.01. The first-order valence-electron chi connectivity index (χ1n) is 4.58. The fourth-order valence-electron chi connectivity index (χ4n) is 1.33. The highest BCUT2D eigenvalue weighted by atomic mass is 14.9. The van der Waals surface area contributed by atoms with Crippen molar-refractivity contribution >= 4 is 11.4 Å². The van der Waals surface area contributed by atoms with Crippen LogP contribution in [0.2, 0.25) is 0 Å². The summed E-state index contributed by atoms with van der Waals surface area (Å²) in [7, 11) is 0. The number of nitrogens with zero attached hydrogens (tertiary/aromatic N) is 1. The van der Waals surface area contributed by atoms with E-state index in [0.29, 0.717) is 0 Å². The van der Waals surface area contributed by atoms with E-state index in [0.717, 1.165) is 11.4 Å². The molecule has 0 aliphatic rings. The fourth-order valence-corrected chi connectivity index (χ4v) is 1.33. The van der Waals surface area contributed by atoms with Crippen LogP contribution in [0.25, 0.3) is 0 Å². The molecule has 0 saturated heterocycles. The molecule has 0 unspecified atom stereocenters. The molecule has 2 rings (SSSR count). The zero-order chi connectivity index (χ0) is 9.80. The van der Waals surface area contributed by atoms with Gasteiger partial charge in [-0.2, -0.15) is 0 Å². The van der Waals surface area contributed by atoms with E-state index < -0.39 is 0 Å². The summed E-state index contributed by atoms with van der Waals surface area (Å²) in [6.45, 7) is 2.08. The Hall–Kier alpha value is -1.83. The van der Waals surface area contributed by atoms with E-state index in [2.05, 4.69) is 29.4 Å². The summed E-state index contributed by atoms with van der Waals surface area (Å²) in [5.41, 5.74) is 3.36. The number of rotatable bonds is 2. The zero-order valence-electron chi connectivity index (χ0n) is 8.07. The Labute approximate surface area is 83.6 Å². The number of hydrogen-bond donors (Lipinski definition) is 1. The first kappa shape index (κ1) is 8.75. The number of nitrogens with one attached hydrogen (secondary N) is 1. The average Bonchev–Trinajstić information content (AvgIpc) is 2.19. The molecule has 0 spiro atoms. The molecule has 0 aliphatic heterocycles. The van der Waals surface area contributed by atoms with Gasteiger partial charge in [0.15, 0.2) is 0 Å². The van der Waals surface area contributed by atoms with Crippen molar-refractivity contribution in [1.82, 2.24) is 4.98 Å². The van der Waals surface area contributed by atoms with Crippen LogP contribution in [0.3, 0.4) is 0 Å². The Morgan fingerprint density at radius 1 is 1.07 bits per heavy atom. The SMILES string of the molecule is Cc1cccc(Nc2cccnc2)c1. The Bertz CT molecular complexity index is 410. The number of hydrogen-bond acceptors (Lipinski definition) is 2. The molecule has 0 aliphatic carbocycles. The molecule has 0 atom stereocenters. The van der Waals surface area contributed by atoms with Gasteiger partial charge in [0.1, 0.15) is 0 Å². The molecular weight excluding hydrogens is 172 g/mol. The summed E-state index contributed by atoms with van der Waals surface area (Å²) in [5, 5.41) is 3.28. The first-order valence-corrected chi connectivity index (χ1v) is 4.58. The lowest BCUT2D eigenvalue weighted by atomic mass is 10.2. The summed E-state index contributed by atoms with van der Waals surface area (Å²) in [4.78, 5) is 4.04. The minimum Gasteiger partial charge on any atom is -0.354 e. The van der Waals surface area contributed by atoms with E-state index in [1.807, 2.05) is 30.5 Å². The van der Waals surface area contributed by atoms with Crippen molar-refractivity contribution in [2.24, 2.45) is 0 Å². The lowest BCUT2D eigenvalue weighted by molar-refractivity contribution is 1.32. The maximum atomic E-state index is 4.04. The molecule has 14 heavy (non-hydrogen) atoms. The molecule has 0 bridgehead atoms. The predicted molar refractivity (Wildman–Crippen MR) is 58.7 cm³/mol. The van der Waals surface area contributed by atoms with Crippen LogP contribution in [0.4, 0.5) is 11.4 Å². The molecule has 1 aromatic carbocycles. The molecule has 2 aromatic rings. The summed E-state index contributed by atoms with van der Waals surface area (Å²) in [5.74, 6) is 0. The quantitative estimate of drug-likeness (QED) is 0.775. The van der Waals surface area contributed by atoms with Crippen LogP contribution < -0.4 is 5.32 Å². The van der Waals surface area contributed by atoms with Crippen LogP contribution >= 0.6 is 0 Å². The van der Waals surface area contributed by atoms with Gasteiger partial charge in [0.2, 0.25) is 0 Å². The molecule has 2 heteroatoms. The van der Waals surface area contributed by atoms with Gasteiger partial charge in [0.25, 0.3) is 0 Å². The molecule has 0 saturated carbocycles. The van der Waals surface area contributed by atoms with Gasteiger partial charge in [-0.1, -0.05) is 12.1 Å². The van der Waals surface area contributed by atoms with Crippen molar-refractivity contribution in [3.8, 4) is 0 Å². The van der Waals surface area contributed by atoms with E-state index in [1.165, 1.54) is 5.56 Å². The minimum absolute atomic E-state index is 1.01. The lowest BCUT2D eigenvalue weighted by Gasteiger charge is -2.05. The summed E-state index contributed by atoms with van der Waals surface area (Å²) in [6.07, 6.45) is 3.57. The van der Waals surface area contributed by atoms with Gasteiger partial charge in [0, 0.05) is 11.9 Å². The number of aromatic nitrogens is 1. The molecule has 1 aromatic heterocycles. The summed E-state index contributed by atoms with van der Waals surface area (Å²) < 4.78 is 0. The second kappa shape index (κ2) is 3.92. The number of pyridine rings is 1. The standard InChI is InChI=1S/C12H12N2/c1-10-4-2-5-11(8-10)14-12-6-3-7-13-9-12/h2-9,14H,1H3. The topological polar surface area (TPSA) is 24.9 Å². The highest BCUT2D eigenvalue weighted by molar-refractivity contribution is 5.58. The monoisotopic (exact) mass is 184 g/mol. The molecular formula is C12H12N2. The second-order valence-corrected chi connectivity index (χ2v) is 3.24. The average molecular weight is 184 g/mol.